The summed E-state index contributed by atoms with van der Waals surface area (Å²) in [6.07, 6.45) is 2.66. The molecule has 1 heterocycles. The zero-order valence-electron chi connectivity index (χ0n) is 9.57. The number of furan rings is 1. The lowest BCUT2D eigenvalue weighted by molar-refractivity contribution is 0.499. The Morgan fingerprint density at radius 1 is 1.19 bits per heavy atom. The van der Waals surface area contributed by atoms with E-state index in [1.807, 2.05) is 12.1 Å². The normalized spacial score (nSPS) is 10.6. The topological polar surface area (TPSA) is 25.2 Å². The molecule has 2 rings (SSSR count). The predicted octanol–water partition coefficient (Wildman–Crippen LogP) is 2.92. The average Bonchev–Trinajstić information content (AvgIpc) is 2.77. The molecule has 0 atom stereocenters. The van der Waals surface area contributed by atoms with E-state index in [2.05, 4.69) is 36.5 Å². The molecule has 0 aliphatic heterocycles. The minimum Gasteiger partial charge on any atom is -0.469 e. The van der Waals surface area contributed by atoms with Gasteiger partial charge >= 0.3 is 0 Å². The summed E-state index contributed by atoms with van der Waals surface area (Å²) in [5.41, 5.74) is 2.64. The Bertz CT molecular complexity index is 420. The Morgan fingerprint density at radius 2 is 2.12 bits per heavy atom. The fourth-order valence-electron chi connectivity index (χ4n) is 1.72. The molecule has 1 N–H and O–H groups in total. The minimum absolute atomic E-state index is 0.919. The maximum Gasteiger partial charge on any atom is 0.105 e. The van der Waals surface area contributed by atoms with Gasteiger partial charge in [-0.2, -0.15) is 0 Å². The van der Waals surface area contributed by atoms with E-state index in [-0.39, 0.29) is 0 Å². The molecule has 0 amide bonds. The third kappa shape index (κ3) is 3.24. The molecule has 0 saturated heterocycles. The summed E-state index contributed by atoms with van der Waals surface area (Å²) < 4.78 is 5.26. The van der Waals surface area contributed by atoms with E-state index in [4.69, 9.17) is 4.42 Å². The molecule has 84 valence electrons. The Kier molecular flexibility index (Phi) is 3.78. The van der Waals surface area contributed by atoms with Crippen LogP contribution >= 0.6 is 0 Å². The maximum absolute atomic E-state index is 5.26. The molecule has 0 radical (unpaired) electrons. The highest BCUT2D eigenvalue weighted by atomic mass is 16.3. The van der Waals surface area contributed by atoms with Crippen molar-refractivity contribution < 1.29 is 4.42 Å². The lowest BCUT2D eigenvalue weighted by atomic mass is 10.1. The highest BCUT2D eigenvalue weighted by molar-refractivity contribution is 5.21. The molecule has 0 unspecified atom stereocenters. The molecule has 16 heavy (non-hydrogen) atoms. The highest BCUT2D eigenvalue weighted by Gasteiger charge is 1.96. The van der Waals surface area contributed by atoms with Gasteiger partial charge in [-0.25, -0.2) is 0 Å². The number of hydrogen-bond acceptors (Lipinski definition) is 2. The van der Waals surface area contributed by atoms with Crippen LogP contribution in [0.4, 0.5) is 0 Å². The number of hydrogen-bond donors (Lipinski definition) is 1. The molecule has 0 aliphatic carbocycles. The van der Waals surface area contributed by atoms with Crippen LogP contribution in [0.1, 0.15) is 16.9 Å². The van der Waals surface area contributed by atoms with Crippen LogP contribution in [0.2, 0.25) is 0 Å². The van der Waals surface area contributed by atoms with E-state index in [0.717, 1.165) is 25.3 Å². The molecule has 0 fully saturated rings. The zero-order valence-corrected chi connectivity index (χ0v) is 9.57. The van der Waals surface area contributed by atoms with E-state index in [1.165, 1.54) is 11.1 Å². The van der Waals surface area contributed by atoms with Crippen molar-refractivity contribution in [3.05, 3.63) is 59.5 Å². The third-order valence-corrected chi connectivity index (χ3v) is 2.54. The van der Waals surface area contributed by atoms with E-state index < -0.39 is 0 Å². The van der Waals surface area contributed by atoms with Gasteiger partial charge in [-0.05, 0) is 24.6 Å². The summed E-state index contributed by atoms with van der Waals surface area (Å²) in [7, 11) is 0. The molecule has 1 aromatic heterocycles. The van der Waals surface area contributed by atoms with Gasteiger partial charge in [0.1, 0.15) is 5.76 Å². The second-order valence-electron chi connectivity index (χ2n) is 4.00. The van der Waals surface area contributed by atoms with Gasteiger partial charge in [0.05, 0.1) is 6.26 Å². The first-order chi connectivity index (χ1) is 7.84. The number of nitrogens with one attached hydrogen (secondary N) is 1. The summed E-state index contributed by atoms with van der Waals surface area (Å²) in [5, 5.41) is 3.41. The van der Waals surface area contributed by atoms with Crippen LogP contribution in [-0.2, 0) is 13.0 Å². The molecule has 2 nitrogen and oxygen atoms in total. The second-order valence-corrected chi connectivity index (χ2v) is 4.00. The maximum atomic E-state index is 5.26. The van der Waals surface area contributed by atoms with Gasteiger partial charge in [-0.1, -0.05) is 29.8 Å². The Morgan fingerprint density at radius 3 is 2.88 bits per heavy atom. The fraction of sp³-hybridized carbons (Fsp3) is 0.286. The van der Waals surface area contributed by atoms with Crippen LogP contribution in [0.3, 0.4) is 0 Å². The zero-order chi connectivity index (χ0) is 11.2. The molecule has 0 bridgehead atoms. The van der Waals surface area contributed by atoms with Crippen LogP contribution < -0.4 is 5.32 Å². The lowest BCUT2D eigenvalue weighted by Gasteiger charge is -2.04. The van der Waals surface area contributed by atoms with Gasteiger partial charge in [-0.15, -0.1) is 0 Å². The summed E-state index contributed by atoms with van der Waals surface area (Å²) in [4.78, 5) is 0. The molecule has 2 heteroatoms. The van der Waals surface area contributed by atoms with Gasteiger partial charge < -0.3 is 9.73 Å². The lowest BCUT2D eigenvalue weighted by Crippen LogP contribution is -2.16. The molecule has 2 aromatic rings. The molecule has 0 spiro atoms. The van der Waals surface area contributed by atoms with E-state index in [1.54, 1.807) is 6.26 Å². The van der Waals surface area contributed by atoms with Gasteiger partial charge in [0.25, 0.3) is 0 Å². The van der Waals surface area contributed by atoms with E-state index >= 15 is 0 Å². The average molecular weight is 215 g/mol. The molecule has 0 aliphatic rings. The standard InChI is InChI=1S/C14H17NO/c1-12-4-2-5-13(10-12)11-15-8-7-14-6-3-9-16-14/h2-6,9-10,15H,7-8,11H2,1H3. The Balaban J connectivity index is 1.72. The van der Waals surface area contributed by atoms with Crippen molar-refractivity contribution in [3.63, 3.8) is 0 Å². The smallest absolute Gasteiger partial charge is 0.105 e. The Labute approximate surface area is 96.3 Å². The summed E-state index contributed by atoms with van der Waals surface area (Å²) in [6, 6.07) is 12.5. The first kappa shape index (κ1) is 11.0. The summed E-state index contributed by atoms with van der Waals surface area (Å²) in [5.74, 6) is 1.04. The van der Waals surface area contributed by atoms with Crippen molar-refractivity contribution in [2.75, 3.05) is 6.54 Å². The molecular weight excluding hydrogens is 198 g/mol. The van der Waals surface area contributed by atoms with Crippen LogP contribution in [0.25, 0.3) is 0 Å². The quantitative estimate of drug-likeness (QED) is 0.776. The van der Waals surface area contributed by atoms with Crippen molar-refractivity contribution in [1.29, 1.82) is 0 Å². The van der Waals surface area contributed by atoms with Crippen LogP contribution in [0.15, 0.2) is 47.1 Å². The SMILES string of the molecule is Cc1cccc(CNCCc2ccco2)c1. The van der Waals surface area contributed by atoms with E-state index in [9.17, 15) is 0 Å². The van der Waals surface area contributed by atoms with Crippen molar-refractivity contribution >= 4 is 0 Å². The Hall–Kier alpha value is -1.54. The predicted molar refractivity (Wildman–Crippen MR) is 65.3 cm³/mol. The van der Waals surface area contributed by atoms with Crippen molar-refractivity contribution in [2.24, 2.45) is 0 Å². The molecule has 0 saturated carbocycles. The first-order valence-corrected chi connectivity index (χ1v) is 5.63. The van der Waals surface area contributed by atoms with Gasteiger partial charge in [-0.3, -0.25) is 0 Å². The van der Waals surface area contributed by atoms with Crippen molar-refractivity contribution in [3.8, 4) is 0 Å². The highest BCUT2D eigenvalue weighted by Crippen LogP contribution is 2.04. The van der Waals surface area contributed by atoms with Crippen LogP contribution in [0.5, 0.6) is 0 Å². The van der Waals surface area contributed by atoms with Crippen LogP contribution in [0, 0.1) is 6.92 Å². The largest absolute Gasteiger partial charge is 0.469 e. The van der Waals surface area contributed by atoms with E-state index in [0.29, 0.717) is 0 Å². The monoisotopic (exact) mass is 215 g/mol. The number of benzene rings is 1. The third-order valence-electron chi connectivity index (χ3n) is 2.54. The van der Waals surface area contributed by atoms with Crippen LogP contribution in [-0.4, -0.2) is 6.54 Å². The van der Waals surface area contributed by atoms with Gasteiger partial charge in [0.15, 0.2) is 0 Å². The molecule has 1 aromatic carbocycles. The number of aryl methyl sites for hydroxylation is 1. The summed E-state index contributed by atoms with van der Waals surface area (Å²) >= 11 is 0. The number of rotatable bonds is 5. The fourth-order valence-corrected chi connectivity index (χ4v) is 1.72. The van der Waals surface area contributed by atoms with Gasteiger partial charge in [0, 0.05) is 19.5 Å². The summed E-state index contributed by atoms with van der Waals surface area (Å²) in [6.45, 7) is 3.98. The molecular formula is C14H17NO. The first-order valence-electron chi connectivity index (χ1n) is 5.63. The van der Waals surface area contributed by atoms with Gasteiger partial charge in [0.2, 0.25) is 0 Å². The second kappa shape index (κ2) is 5.52. The van der Waals surface area contributed by atoms with Crippen molar-refractivity contribution in [2.45, 2.75) is 19.9 Å². The van der Waals surface area contributed by atoms with Crippen molar-refractivity contribution in [1.82, 2.24) is 5.32 Å². The minimum atomic E-state index is 0.919.